The summed E-state index contributed by atoms with van der Waals surface area (Å²) in [7, 11) is 0. The van der Waals surface area contributed by atoms with Crippen LogP contribution in [0.25, 0.3) is 0 Å². The SMILES string of the molecule is O=C(CCn1cc(C(=O)O)cn1)NCCNC(=O)Cn1cc([N+](=O)[O-])cn1. The van der Waals surface area contributed by atoms with Crippen LogP contribution in [0.2, 0.25) is 0 Å². The molecule has 0 aromatic carbocycles. The van der Waals surface area contributed by atoms with E-state index in [1.807, 2.05) is 0 Å². The van der Waals surface area contributed by atoms with E-state index in [2.05, 4.69) is 20.8 Å². The lowest BCUT2D eigenvalue weighted by molar-refractivity contribution is -0.385. The third-order valence-corrected chi connectivity index (χ3v) is 3.35. The number of aromatic nitrogens is 4. The topological polar surface area (TPSA) is 174 Å². The van der Waals surface area contributed by atoms with Crippen LogP contribution in [0.1, 0.15) is 16.8 Å². The summed E-state index contributed by atoms with van der Waals surface area (Å²) in [6.07, 6.45) is 4.82. The normalized spacial score (nSPS) is 10.4. The van der Waals surface area contributed by atoms with Gasteiger partial charge < -0.3 is 15.7 Å². The van der Waals surface area contributed by atoms with Crippen LogP contribution in [0.5, 0.6) is 0 Å². The van der Waals surface area contributed by atoms with Gasteiger partial charge in [0.15, 0.2) is 0 Å². The Morgan fingerprint density at radius 3 is 2.33 bits per heavy atom. The van der Waals surface area contributed by atoms with Gasteiger partial charge in [0, 0.05) is 32.3 Å². The number of carbonyl (C=O) groups excluding carboxylic acids is 2. The van der Waals surface area contributed by atoms with Gasteiger partial charge in [0.05, 0.1) is 16.7 Å². The van der Waals surface area contributed by atoms with Crippen LogP contribution < -0.4 is 10.6 Å². The van der Waals surface area contributed by atoms with Crippen LogP contribution in [0.4, 0.5) is 5.69 Å². The minimum Gasteiger partial charge on any atom is -0.478 e. The summed E-state index contributed by atoms with van der Waals surface area (Å²) in [5.74, 6) is -1.77. The Labute approximate surface area is 152 Å². The minimum absolute atomic E-state index is 0.0423. The second kappa shape index (κ2) is 9.07. The highest BCUT2D eigenvalue weighted by Gasteiger charge is 2.11. The molecule has 13 heteroatoms. The molecule has 0 fully saturated rings. The number of carboxylic acid groups (broad SMARTS) is 1. The molecule has 0 unspecified atom stereocenters. The quantitative estimate of drug-likeness (QED) is 0.268. The van der Waals surface area contributed by atoms with Crippen LogP contribution in [0, 0.1) is 10.1 Å². The van der Waals surface area contributed by atoms with Crippen molar-refractivity contribution in [2.24, 2.45) is 0 Å². The summed E-state index contributed by atoms with van der Waals surface area (Å²) >= 11 is 0. The van der Waals surface area contributed by atoms with E-state index in [1.165, 1.54) is 17.1 Å². The van der Waals surface area contributed by atoms with Crippen molar-refractivity contribution in [1.29, 1.82) is 0 Å². The predicted molar refractivity (Wildman–Crippen MR) is 88.7 cm³/mol. The highest BCUT2D eigenvalue weighted by Crippen LogP contribution is 2.07. The first-order valence-corrected chi connectivity index (χ1v) is 7.81. The summed E-state index contributed by atoms with van der Waals surface area (Å²) < 4.78 is 2.50. The molecule has 2 rings (SSSR count). The molecule has 2 amide bonds. The van der Waals surface area contributed by atoms with E-state index in [0.717, 1.165) is 17.1 Å². The number of carbonyl (C=O) groups is 3. The summed E-state index contributed by atoms with van der Waals surface area (Å²) in [5, 5.41) is 32.0. The number of hydrogen-bond acceptors (Lipinski definition) is 7. The van der Waals surface area contributed by atoms with Crippen LogP contribution in [-0.2, 0) is 22.7 Å². The maximum Gasteiger partial charge on any atom is 0.338 e. The van der Waals surface area contributed by atoms with Crippen molar-refractivity contribution in [2.45, 2.75) is 19.5 Å². The van der Waals surface area contributed by atoms with Gasteiger partial charge in [-0.3, -0.25) is 29.1 Å². The molecule has 2 heterocycles. The minimum atomic E-state index is -1.09. The Balaban J connectivity index is 1.60. The molecule has 0 saturated heterocycles. The molecule has 0 aliphatic rings. The first-order chi connectivity index (χ1) is 12.8. The van der Waals surface area contributed by atoms with Gasteiger partial charge >= 0.3 is 11.7 Å². The zero-order valence-corrected chi connectivity index (χ0v) is 14.1. The number of nitro groups is 1. The Morgan fingerprint density at radius 1 is 1.07 bits per heavy atom. The lowest BCUT2D eigenvalue weighted by atomic mass is 10.3. The standard InChI is InChI=1S/C14H17N7O6/c22-12(1-4-19-7-10(5-17-19)14(24)25)15-2-3-16-13(23)9-20-8-11(6-18-20)21(26)27/h5-8H,1-4,9H2,(H,15,22)(H,16,23)(H,24,25). The van der Waals surface area contributed by atoms with Crippen LogP contribution in [-0.4, -0.2) is 60.5 Å². The molecular weight excluding hydrogens is 362 g/mol. The molecule has 0 saturated carbocycles. The maximum atomic E-state index is 11.7. The number of rotatable bonds is 10. The van der Waals surface area contributed by atoms with E-state index >= 15 is 0 Å². The van der Waals surface area contributed by atoms with Crippen LogP contribution in [0.3, 0.4) is 0 Å². The van der Waals surface area contributed by atoms with Crippen molar-refractivity contribution in [3.05, 3.63) is 40.5 Å². The zero-order chi connectivity index (χ0) is 19.8. The number of nitrogens with zero attached hydrogens (tertiary/aromatic N) is 5. The fraction of sp³-hybridized carbons (Fsp3) is 0.357. The smallest absolute Gasteiger partial charge is 0.338 e. The molecule has 13 nitrogen and oxygen atoms in total. The predicted octanol–water partition coefficient (Wildman–Crippen LogP) is -0.991. The van der Waals surface area contributed by atoms with Crippen LogP contribution in [0.15, 0.2) is 24.8 Å². The number of carboxylic acids is 1. The van der Waals surface area contributed by atoms with Crippen molar-refractivity contribution in [3.63, 3.8) is 0 Å². The lowest BCUT2D eigenvalue weighted by Crippen LogP contribution is -2.36. The zero-order valence-electron chi connectivity index (χ0n) is 14.1. The maximum absolute atomic E-state index is 11.7. The molecule has 0 bridgehead atoms. The molecule has 0 aliphatic heterocycles. The summed E-state index contributed by atoms with van der Waals surface area (Å²) in [4.78, 5) is 44.0. The average molecular weight is 379 g/mol. The van der Waals surface area contributed by atoms with Gasteiger partial charge in [-0.25, -0.2) is 4.79 Å². The van der Waals surface area contributed by atoms with Crippen molar-refractivity contribution >= 4 is 23.5 Å². The van der Waals surface area contributed by atoms with E-state index in [1.54, 1.807) is 0 Å². The fourth-order valence-electron chi connectivity index (χ4n) is 2.04. The third kappa shape index (κ3) is 6.22. The number of amides is 2. The molecule has 27 heavy (non-hydrogen) atoms. The second-order valence-corrected chi connectivity index (χ2v) is 5.40. The number of aromatic carboxylic acids is 1. The fourth-order valence-corrected chi connectivity index (χ4v) is 2.04. The van der Waals surface area contributed by atoms with E-state index in [4.69, 9.17) is 5.11 Å². The molecule has 144 valence electrons. The first kappa shape index (κ1) is 19.6. The van der Waals surface area contributed by atoms with Crippen molar-refractivity contribution < 1.29 is 24.4 Å². The number of nitrogens with one attached hydrogen (secondary N) is 2. The Bertz CT molecular complexity index is 843. The monoisotopic (exact) mass is 379 g/mol. The van der Waals surface area contributed by atoms with E-state index < -0.39 is 16.8 Å². The highest BCUT2D eigenvalue weighted by molar-refractivity contribution is 5.86. The van der Waals surface area contributed by atoms with E-state index in [0.29, 0.717) is 0 Å². The summed E-state index contributed by atoms with van der Waals surface area (Å²) in [6, 6.07) is 0. The van der Waals surface area contributed by atoms with Gasteiger partial charge in [-0.1, -0.05) is 0 Å². The van der Waals surface area contributed by atoms with Gasteiger partial charge in [-0.15, -0.1) is 0 Å². The second-order valence-electron chi connectivity index (χ2n) is 5.40. The Hall–Kier alpha value is -3.77. The molecule has 3 N–H and O–H groups in total. The average Bonchev–Trinajstić information content (AvgIpc) is 3.26. The summed E-state index contributed by atoms with van der Waals surface area (Å²) in [5.41, 5.74) is -0.164. The Kier molecular flexibility index (Phi) is 6.57. The molecule has 2 aromatic heterocycles. The summed E-state index contributed by atoms with van der Waals surface area (Å²) in [6.45, 7) is 0.429. The van der Waals surface area contributed by atoms with Crippen molar-refractivity contribution in [3.8, 4) is 0 Å². The van der Waals surface area contributed by atoms with Gasteiger partial charge in [0.1, 0.15) is 18.9 Å². The molecule has 2 aromatic rings. The molecule has 0 radical (unpaired) electrons. The van der Waals surface area contributed by atoms with E-state index in [-0.39, 0.29) is 49.8 Å². The Morgan fingerprint density at radius 2 is 1.74 bits per heavy atom. The first-order valence-electron chi connectivity index (χ1n) is 7.81. The van der Waals surface area contributed by atoms with Gasteiger partial charge in [0.2, 0.25) is 11.8 Å². The van der Waals surface area contributed by atoms with Crippen molar-refractivity contribution in [1.82, 2.24) is 30.2 Å². The third-order valence-electron chi connectivity index (χ3n) is 3.35. The molecule has 0 aliphatic carbocycles. The number of aryl methyl sites for hydroxylation is 1. The largest absolute Gasteiger partial charge is 0.478 e. The van der Waals surface area contributed by atoms with Gasteiger partial charge in [-0.05, 0) is 0 Å². The van der Waals surface area contributed by atoms with Gasteiger partial charge in [-0.2, -0.15) is 10.2 Å². The van der Waals surface area contributed by atoms with Crippen LogP contribution >= 0.6 is 0 Å². The number of hydrogen-bond donors (Lipinski definition) is 3. The lowest BCUT2D eigenvalue weighted by Gasteiger charge is -2.07. The van der Waals surface area contributed by atoms with E-state index in [9.17, 15) is 24.5 Å². The van der Waals surface area contributed by atoms with Crippen molar-refractivity contribution in [2.75, 3.05) is 13.1 Å². The molecule has 0 spiro atoms. The highest BCUT2D eigenvalue weighted by atomic mass is 16.6. The molecular formula is C14H17N7O6. The van der Waals surface area contributed by atoms with Gasteiger partial charge in [0.25, 0.3) is 0 Å². The molecule has 0 atom stereocenters.